The molecule has 5 heteroatoms. The van der Waals surface area contributed by atoms with Crippen LogP contribution in [0, 0.1) is 5.92 Å². The Bertz CT molecular complexity index is 502. The molecule has 1 aromatic carbocycles. The minimum atomic E-state index is -0.0760. The van der Waals surface area contributed by atoms with Crippen LogP contribution in [0.4, 0.5) is 0 Å². The number of likely N-dealkylation sites (tertiary alicyclic amines) is 1. The second-order valence-corrected chi connectivity index (χ2v) is 5.91. The quantitative estimate of drug-likeness (QED) is 0.927. The van der Waals surface area contributed by atoms with Crippen LogP contribution < -0.4 is 5.32 Å². The highest BCUT2D eigenvalue weighted by molar-refractivity contribution is 6.30. The van der Waals surface area contributed by atoms with Crippen molar-refractivity contribution in [3.8, 4) is 0 Å². The maximum atomic E-state index is 12.1. The number of carbonyl (C=O) groups excluding carboxylic acids is 2. The second-order valence-electron chi connectivity index (χ2n) is 5.47. The fraction of sp³-hybridized carbons (Fsp3) is 0.500. The van der Waals surface area contributed by atoms with E-state index in [1.807, 2.05) is 24.3 Å². The summed E-state index contributed by atoms with van der Waals surface area (Å²) >= 11 is 5.83. The van der Waals surface area contributed by atoms with Gasteiger partial charge in [0, 0.05) is 31.6 Å². The summed E-state index contributed by atoms with van der Waals surface area (Å²) in [5.74, 6) is 0.0245. The first-order valence-electron chi connectivity index (χ1n) is 7.34. The summed E-state index contributed by atoms with van der Waals surface area (Å²) in [6, 6.07) is 7.63. The maximum absolute atomic E-state index is 12.1. The van der Waals surface area contributed by atoms with E-state index >= 15 is 0 Å². The molecule has 1 N–H and O–H groups in total. The Labute approximate surface area is 130 Å². The average molecular weight is 309 g/mol. The minimum absolute atomic E-state index is 0.0497. The number of nitrogens with one attached hydrogen (secondary N) is 1. The molecule has 1 saturated heterocycles. The van der Waals surface area contributed by atoms with Gasteiger partial charge in [-0.2, -0.15) is 0 Å². The first-order chi connectivity index (χ1) is 10.1. The fourth-order valence-corrected chi connectivity index (χ4v) is 2.73. The van der Waals surface area contributed by atoms with Crippen LogP contribution >= 0.6 is 11.6 Å². The lowest BCUT2D eigenvalue weighted by molar-refractivity contribution is -0.133. The first kappa shape index (κ1) is 15.8. The number of benzene rings is 1. The summed E-state index contributed by atoms with van der Waals surface area (Å²) < 4.78 is 0. The summed E-state index contributed by atoms with van der Waals surface area (Å²) in [6.07, 6.45) is 2.54. The fourth-order valence-electron chi connectivity index (χ4n) is 2.60. The Kier molecular flexibility index (Phi) is 5.62. The van der Waals surface area contributed by atoms with Crippen LogP contribution in [0.1, 0.15) is 25.3 Å². The van der Waals surface area contributed by atoms with E-state index in [1.54, 1.807) is 11.8 Å². The third-order valence-electron chi connectivity index (χ3n) is 3.86. The number of hydrogen-bond acceptors (Lipinski definition) is 2. The van der Waals surface area contributed by atoms with E-state index in [4.69, 9.17) is 11.6 Å². The first-order valence-corrected chi connectivity index (χ1v) is 7.71. The number of carbonyl (C=O) groups is 2. The molecule has 0 spiro atoms. The van der Waals surface area contributed by atoms with Crippen molar-refractivity contribution in [1.29, 1.82) is 0 Å². The van der Waals surface area contributed by atoms with Crippen molar-refractivity contribution in [2.75, 3.05) is 19.6 Å². The van der Waals surface area contributed by atoms with E-state index in [2.05, 4.69) is 5.32 Å². The smallest absolute Gasteiger partial charge is 0.224 e. The van der Waals surface area contributed by atoms with Crippen molar-refractivity contribution in [2.45, 2.75) is 26.2 Å². The lowest BCUT2D eigenvalue weighted by Crippen LogP contribution is -2.45. The van der Waals surface area contributed by atoms with Gasteiger partial charge in [0.2, 0.25) is 11.8 Å². The zero-order valence-electron chi connectivity index (χ0n) is 12.3. The normalized spacial score (nSPS) is 18.4. The molecule has 0 aliphatic carbocycles. The molecule has 2 rings (SSSR count). The molecule has 0 unspecified atom stereocenters. The zero-order chi connectivity index (χ0) is 15.2. The molecule has 0 bridgehead atoms. The summed E-state index contributed by atoms with van der Waals surface area (Å²) in [4.78, 5) is 25.3. The van der Waals surface area contributed by atoms with E-state index in [1.165, 1.54) is 0 Å². The van der Waals surface area contributed by atoms with Crippen molar-refractivity contribution in [3.05, 3.63) is 34.9 Å². The van der Waals surface area contributed by atoms with Gasteiger partial charge < -0.3 is 10.2 Å². The van der Waals surface area contributed by atoms with Crippen molar-refractivity contribution in [3.63, 3.8) is 0 Å². The predicted molar refractivity (Wildman–Crippen MR) is 83.1 cm³/mol. The number of piperidine rings is 1. The number of hydrogen-bond donors (Lipinski definition) is 1. The van der Waals surface area contributed by atoms with Crippen molar-refractivity contribution >= 4 is 23.4 Å². The maximum Gasteiger partial charge on any atom is 0.224 e. The molecular weight excluding hydrogens is 288 g/mol. The van der Waals surface area contributed by atoms with Crippen LogP contribution in [0.5, 0.6) is 0 Å². The Morgan fingerprint density at radius 1 is 1.33 bits per heavy atom. The lowest BCUT2D eigenvalue weighted by atomic mass is 9.97. The molecule has 4 nitrogen and oxygen atoms in total. The van der Waals surface area contributed by atoms with Gasteiger partial charge in [-0.05, 0) is 37.0 Å². The molecule has 1 aromatic rings. The van der Waals surface area contributed by atoms with Gasteiger partial charge in [-0.15, -0.1) is 0 Å². The van der Waals surface area contributed by atoms with Crippen LogP contribution in [0.2, 0.25) is 5.02 Å². The summed E-state index contributed by atoms with van der Waals surface area (Å²) in [6.45, 7) is 3.48. The highest BCUT2D eigenvalue weighted by atomic mass is 35.5. The van der Waals surface area contributed by atoms with E-state index in [9.17, 15) is 9.59 Å². The number of halogens is 1. The predicted octanol–water partition coefficient (Wildman–Crippen LogP) is 2.26. The van der Waals surface area contributed by atoms with Gasteiger partial charge in [-0.1, -0.05) is 23.7 Å². The summed E-state index contributed by atoms with van der Waals surface area (Å²) in [5.41, 5.74) is 1.15. The highest BCUT2D eigenvalue weighted by Gasteiger charge is 2.26. The SMILES string of the molecule is CC(=O)N1CCC[C@@H](C(=O)NCCc2ccc(Cl)cc2)C1. The Morgan fingerprint density at radius 2 is 2.05 bits per heavy atom. The second kappa shape index (κ2) is 7.46. The molecule has 114 valence electrons. The molecule has 1 heterocycles. The van der Waals surface area contributed by atoms with Crippen LogP contribution in [0.25, 0.3) is 0 Å². The zero-order valence-corrected chi connectivity index (χ0v) is 13.0. The number of rotatable bonds is 4. The van der Waals surface area contributed by atoms with Crippen molar-refractivity contribution < 1.29 is 9.59 Å². The molecule has 1 aliphatic rings. The van der Waals surface area contributed by atoms with E-state index in [0.29, 0.717) is 18.1 Å². The lowest BCUT2D eigenvalue weighted by Gasteiger charge is -2.31. The Balaban J connectivity index is 1.76. The minimum Gasteiger partial charge on any atom is -0.355 e. The molecule has 1 atom stereocenters. The van der Waals surface area contributed by atoms with Crippen molar-refractivity contribution in [2.24, 2.45) is 5.92 Å². The van der Waals surface area contributed by atoms with Gasteiger partial charge in [0.05, 0.1) is 5.92 Å². The van der Waals surface area contributed by atoms with Crippen molar-refractivity contribution in [1.82, 2.24) is 10.2 Å². The molecule has 2 amide bonds. The third kappa shape index (κ3) is 4.74. The largest absolute Gasteiger partial charge is 0.355 e. The van der Waals surface area contributed by atoms with Crippen LogP contribution in [-0.4, -0.2) is 36.3 Å². The molecular formula is C16H21ClN2O2. The van der Waals surface area contributed by atoms with Gasteiger partial charge in [0.1, 0.15) is 0 Å². The van der Waals surface area contributed by atoms with Crippen LogP contribution in [-0.2, 0) is 16.0 Å². The van der Waals surface area contributed by atoms with Gasteiger partial charge in [-0.3, -0.25) is 9.59 Å². The van der Waals surface area contributed by atoms with Gasteiger partial charge in [-0.25, -0.2) is 0 Å². The van der Waals surface area contributed by atoms with E-state index in [-0.39, 0.29) is 17.7 Å². The standard InChI is InChI=1S/C16H21ClN2O2/c1-12(20)19-10-2-3-14(11-19)16(21)18-9-8-13-4-6-15(17)7-5-13/h4-7,14H,2-3,8-11H2,1H3,(H,18,21)/t14-/m1/s1. The monoisotopic (exact) mass is 308 g/mol. The van der Waals surface area contributed by atoms with Crippen LogP contribution in [0.15, 0.2) is 24.3 Å². The van der Waals surface area contributed by atoms with Gasteiger partial charge >= 0.3 is 0 Å². The molecule has 0 saturated carbocycles. The Hall–Kier alpha value is -1.55. The van der Waals surface area contributed by atoms with E-state index < -0.39 is 0 Å². The number of amides is 2. The molecule has 1 fully saturated rings. The third-order valence-corrected chi connectivity index (χ3v) is 4.12. The molecule has 0 radical (unpaired) electrons. The Morgan fingerprint density at radius 3 is 2.71 bits per heavy atom. The van der Waals surface area contributed by atoms with Gasteiger partial charge in [0.25, 0.3) is 0 Å². The number of nitrogens with zero attached hydrogens (tertiary/aromatic N) is 1. The van der Waals surface area contributed by atoms with E-state index in [0.717, 1.165) is 31.4 Å². The summed E-state index contributed by atoms with van der Waals surface area (Å²) in [7, 11) is 0. The average Bonchev–Trinajstić information content (AvgIpc) is 2.49. The highest BCUT2D eigenvalue weighted by Crippen LogP contribution is 2.16. The van der Waals surface area contributed by atoms with Gasteiger partial charge in [0.15, 0.2) is 0 Å². The van der Waals surface area contributed by atoms with Crippen LogP contribution in [0.3, 0.4) is 0 Å². The summed E-state index contributed by atoms with van der Waals surface area (Å²) in [5, 5.41) is 3.68. The molecule has 0 aromatic heterocycles. The molecule has 1 aliphatic heterocycles. The topological polar surface area (TPSA) is 49.4 Å². The molecule has 21 heavy (non-hydrogen) atoms.